The standard InChI is InChI=1S/C16H20N2O5/c1-10-13(8-5-9-14(10)18(21)22)16(20)23-11(2)15(19)17-12-6-3-4-7-12/h5,8-9,11-12H,3-4,6-7H2,1-2H3,(H,17,19)/t11-/m0/s1. The number of esters is 1. The topological polar surface area (TPSA) is 98.5 Å². The second kappa shape index (κ2) is 7.21. The number of ether oxygens (including phenoxy) is 1. The Kier molecular flexibility index (Phi) is 5.31. The van der Waals surface area contributed by atoms with Gasteiger partial charge >= 0.3 is 5.97 Å². The van der Waals surface area contributed by atoms with Crippen molar-refractivity contribution < 1.29 is 19.2 Å². The lowest BCUT2D eigenvalue weighted by molar-refractivity contribution is -0.385. The summed E-state index contributed by atoms with van der Waals surface area (Å²) in [7, 11) is 0. The molecule has 23 heavy (non-hydrogen) atoms. The molecule has 1 fully saturated rings. The van der Waals surface area contributed by atoms with Crippen LogP contribution in [0.5, 0.6) is 0 Å². The summed E-state index contributed by atoms with van der Waals surface area (Å²) in [6.45, 7) is 2.98. The van der Waals surface area contributed by atoms with Crippen molar-refractivity contribution in [3.8, 4) is 0 Å². The summed E-state index contributed by atoms with van der Waals surface area (Å²) >= 11 is 0. The Labute approximate surface area is 134 Å². The number of benzene rings is 1. The number of amides is 1. The van der Waals surface area contributed by atoms with Crippen LogP contribution in [0.2, 0.25) is 0 Å². The fourth-order valence-corrected chi connectivity index (χ4v) is 2.71. The normalized spacial score (nSPS) is 15.9. The van der Waals surface area contributed by atoms with Gasteiger partial charge in [0.05, 0.1) is 10.5 Å². The highest BCUT2D eigenvalue weighted by Crippen LogP contribution is 2.22. The van der Waals surface area contributed by atoms with Crippen molar-refractivity contribution in [1.29, 1.82) is 0 Å². The number of nitrogens with zero attached hydrogens (tertiary/aromatic N) is 1. The van der Waals surface area contributed by atoms with Crippen molar-refractivity contribution in [1.82, 2.24) is 5.32 Å². The van der Waals surface area contributed by atoms with Gasteiger partial charge in [-0.3, -0.25) is 14.9 Å². The third-order valence-electron chi connectivity index (χ3n) is 4.08. The summed E-state index contributed by atoms with van der Waals surface area (Å²) < 4.78 is 5.15. The molecular formula is C16H20N2O5. The molecule has 124 valence electrons. The van der Waals surface area contributed by atoms with Crippen LogP contribution in [-0.2, 0) is 9.53 Å². The highest BCUT2D eigenvalue weighted by atomic mass is 16.6. The van der Waals surface area contributed by atoms with Gasteiger partial charge in [0.2, 0.25) is 0 Å². The van der Waals surface area contributed by atoms with E-state index in [9.17, 15) is 19.7 Å². The smallest absolute Gasteiger partial charge is 0.339 e. The maximum absolute atomic E-state index is 12.2. The van der Waals surface area contributed by atoms with E-state index in [2.05, 4.69) is 5.32 Å². The maximum atomic E-state index is 12.2. The van der Waals surface area contributed by atoms with Gasteiger partial charge in [0.25, 0.3) is 11.6 Å². The predicted octanol–water partition coefficient (Wildman–Crippen LogP) is 2.51. The lowest BCUT2D eigenvalue weighted by atomic mass is 10.1. The van der Waals surface area contributed by atoms with E-state index >= 15 is 0 Å². The molecule has 0 unspecified atom stereocenters. The molecule has 1 amide bonds. The Morgan fingerprint density at radius 2 is 2.00 bits per heavy atom. The predicted molar refractivity (Wildman–Crippen MR) is 83.1 cm³/mol. The van der Waals surface area contributed by atoms with E-state index in [0.29, 0.717) is 0 Å². The lowest BCUT2D eigenvalue weighted by Gasteiger charge is -2.17. The van der Waals surface area contributed by atoms with Crippen LogP contribution in [0.3, 0.4) is 0 Å². The van der Waals surface area contributed by atoms with Gasteiger partial charge < -0.3 is 10.1 Å². The third-order valence-corrected chi connectivity index (χ3v) is 4.08. The fourth-order valence-electron chi connectivity index (χ4n) is 2.71. The van der Waals surface area contributed by atoms with Gasteiger partial charge in [-0.1, -0.05) is 18.9 Å². The summed E-state index contributed by atoms with van der Waals surface area (Å²) in [5, 5.41) is 13.8. The Bertz CT molecular complexity index is 623. The highest BCUT2D eigenvalue weighted by molar-refractivity contribution is 5.94. The molecule has 0 radical (unpaired) electrons. The van der Waals surface area contributed by atoms with Crippen molar-refractivity contribution in [2.45, 2.75) is 51.7 Å². The fraction of sp³-hybridized carbons (Fsp3) is 0.500. The average molecular weight is 320 g/mol. The largest absolute Gasteiger partial charge is 0.449 e. The van der Waals surface area contributed by atoms with Crippen LogP contribution in [-0.4, -0.2) is 28.9 Å². The van der Waals surface area contributed by atoms with E-state index < -0.39 is 17.0 Å². The molecule has 0 saturated heterocycles. The molecular weight excluding hydrogens is 300 g/mol. The second-order valence-corrected chi connectivity index (χ2v) is 5.74. The zero-order chi connectivity index (χ0) is 17.0. The summed E-state index contributed by atoms with van der Waals surface area (Å²) in [5.74, 6) is -1.08. The number of carbonyl (C=O) groups is 2. The van der Waals surface area contributed by atoms with E-state index in [1.54, 1.807) is 0 Å². The van der Waals surface area contributed by atoms with Gasteiger partial charge in [0.1, 0.15) is 0 Å². The number of nitrogens with one attached hydrogen (secondary N) is 1. The summed E-state index contributed by atoms with van der Waals surface area (Å²) in [4.78, 5) is 34.6. The van der Waals surface area contributed by atoms with Crippen molar-refractivity contribution in [3.63, 3.8) is 0 Å². The molecule has 1 N–H and O–H groups in total. The maximum Gasteiger partial charge on any atom is 0.339 e. The number of rotatable bonds is 5. The first-order chi connectivity index (χ1) is 10.9. The average Bonchev–Trinajstić information content (AvgIpc) is 2.99. The number of nitro benzene ring substituents is 1. The van der Waals surface area contributed by atoms with Gasteiger partial charge in [0, 0.05) is 17.7 Å². The zero-order valence-corrected chi connectivity index (χ0v) is 13.2. The van der Waals surface area contributed by atoms with Crippen molar-refractivity contribution in [2.75, 3.05) is 0 Å². The number of hydrogen-bond acceptors (Lipinski definition) is 5. The Hall–Kier alpha value is -2.44. The van der Waals surface area contributed by atoms with Crippen LogP contribution in [0.1, 0.15) is 48.5 Å². The molecule has 7 heteroatoms. The van der Waals surface area contributed by atoms with Crippen molar-refractivity contribution in [3.05, 3.63) is 39.4 Å². The number of hydrogen-bond donors (Lipinski definition) is 1. The zero-order valence-electron chi connectivity index (χ0n) is 13.2. The molecule has 1 saturated carbocycles. The van der Waals surface area contributed by atoms with E-state index in [4.69, 9.17) is 4.74 Å². The molecule has 2 rings (SSSR count). The van der Waals surface area contributed by atoms with E-state index in [0.717, 1.165) is 25.7 Å². The summed E-state index contributed by atoms with van der Waals surface area (Å²) in [6.07, 6.45) is 3.12. The Morgan fingerprint density at radius 1 is 1.35 bits per heavy atom. The molecule has 0 bridgehead atoms. The molecule has 0 spiro atoms. The first kappa shape index (κ1) is 16.9. The molecule has 1 atom stereocenters. The van der Waals surface area contributed by atoms with Crippen LogP contribution in [0.15, 0.2) is 18.2 Å². The van der Waals surface area contributed by atoms with Gasteiger partial charge in [-0.15, -0.1) is 0 Å². The minimum absolute atomic E-state index is 0.0970. The first-order valence-corrected chi connectivity index (χ1v) is 7.65. The van der Waals surface area contributed by atoms with Crippen LogP contribution in [0.4, 0.5) is 5.69 Å². The van der Waals surface area contributed by atoms with Gasteiger partial charge in [0.15, 0.2) is 6.10 Å². The second-order valence-electron chi connectivity index (χ2n) is 5.74. The highest BCUT2D eigenvalue weighted by Gasteiger charge is 2.25. The molecule has 7 nitrogen and oxygen atoms in total. The van der Waals surface area contributed by atoms with Crippen LogP contribution in [0.25, 0.3) is 0 Å². The molecule has 0 heterocycles. The SMILES string of the molecule is Cc1c(C(=O)O[C@@H](C)C(=O)NC2CCCC2)cccc1[N+](=O)[O-]. The van der Waals surface area contributed by atoms with E-state index in [-0.39, 0.29) is 28.8 Å². The number of carbonyl (C=O) groups excluding carboxylic acids is 2. The monoisotopic (exact) mass is 320 g/mol. The van der Waals surface area contributed by atoms with Crippen LogP contribution in [0, 0.1) is 17.0 Å². The molecule has 1 aromatic carbocycles. The molecule has 1 aromatic rings. The number of nitro groups is 1. The molecule has 1 aliphatic rings. The van der Waals surface area contributed by atoms with Gasteiger partial charge in [-0.2, -0.15) is 0 Å². The molecule has 0 aliphatic heterocycles. The lowest BCUT2D eigenvalue weighted by Crippen LogP contribution is -2.40. The van der Waals surface area contributed by atoms with E-state index in [1.165, 1.54) is 32.0 Å². The Morgan fingerprint density at radius 3 is 2.61 bits per heavy atom. The summed E-state index contributed by atoms with van der Waals surface area (Å²) in [5.41, 5.74) is 0.174. The minimum Gasteiger partial charge on any atom is -0.449 e. The Balaban J connectivity index is 2.02. The van der Waals surface area contributed by atoms with Crippen LogP contribution >= 0.6 is 0 Å². The molecule has 1 aliphatic carbocycles. The quantitative estimate of drug-likeness (QED) is 0.510. The molecule has 0 aromatic heterocycles. The minimum atomic E-state index is -0.943. The van der Waals surface area contributed by atoms with Crippen molar-refractivity contribution in [2.24, 2.45) is 0 Å². The van der Waals surface area contributed by atoms with Crippen molar-refractivity contribution >= 4 is 17.6 Å². The van der Waals surface area contributed by atoms with Gasteiger partial charge in [-0.05, 0) is 32.8 Å². The van der Waals surface area contributed by atoms with E-state index in [1.807, 2.05) is 0 Å². The van der Waals surface area contributed by atoms with Crippen LogP contribution < -0.4 is 5.32 Å². The van der Waals surface area contributed by atoms with Gasteiger partial charge in [-0.25, -0.2) is 4.79 Å². The summed E-state index contributed by atoms with van der Waals surface area (Å²) in [6, 6.07) is 4.34. The third kappa shape index (κ3) is 4.06. The first-order valence-electron chi connectivity index (χ1n) is 7.65.